The zero-order chi connectivity index (χ0) is 19.4. The highest BCUT2D eigenvalue weighted by atomic mass is 35.5. The quantitative estimate of drug-likeness (QED) is 0.782. The molecule has 1 aliphatic carbocycles. The minimum Gasteiger partial charge on any atom is -0.349 e. The highest BCUT2D eigenvalue weighted by Gasteiger charge is 2.24. The van der Waals surface area contributed by atoms with Crippen LogP contribution in [-0.2, 0) is 10.0 Å². The van der Waals surface area contributed by atoms with Gasteiger partial charge in [-0.3, -0.25) is 9.52 Å². The number of rotatable bonds is 5. The van der Waals surface area contributed by atoms with Crippen molar-refractivity contribution in [3.05, 3.63) is 64.7 Å². The number of amides is 1. The predicted octanol–water partition coefficient (Wildman–Crippen LogP) is 4.17. The van der Waals surface area contributed by atoms with E-state index < -0.39 is 10.0 Å². The molecule has 7 heteroatoms. The number of nitrogens with one attached hydrogen (secondary N) is 2. The van der Waals surface area contributed by atoms with E-state index in [0.29, 0.717) is 11.5 Å². The molecule has 1 amide bonds. The first-order chi connectivity index (χ1) is 12.8. The first-order valence-electron chi connectivity index (χ1n) is 8.95. The zero-order valence-electron chi connectivity index (χ0n) is 15.1. The largest absolute Gasteiger partial charge is 0.349 e. The monoisotopic (exact) mass is 406 g/mol. The summed E-state index contributed by atoms with van der Waals surface area (Å²) in [6.45, 7) is 0. The summed E-state index contributed by atoms with van der Waals surface area (Å²) < 4.78 is 25.2. The average molecular weight is 407 g/mol. The normalized spacial score (nSPS) is 20.1. The number of hydrogen-bond donors (Lipinski definition) is 2. The van der Waals surface area contributed by atoms with Crippen molar-refractivity contribution in [2.24, 2.45) is 0 Å². The summed E-state index contributed by atoms with van der Waals surface area (Å²) in [5, 5.41) is 3.31. The fourth-order valence-electron chi connectivity index (χ4n) is 3.51. The van der Waals surface area contributed by atoms with Crippen molar-refractivity contribution in [2.75, 3.05) is 11.0 Å². The number of benzene rings is 2. The van der Waals surface area contributed by atoms with E-state index in [1.54, 1.807) is 6.07 Å². The standard InChI is InChI=1S/C20H23ClN2O3S/c1-27(25,26)23-19-13-16(9-12-18(19)21)20(24)22-17-10-7-15(8-11-17)14-5-3-2-4-6-14/h2-6,9,12-13,15,17,23H,7-8,10-11H2,1H3,(H,22,24). The summed E-state index contributed by atoms with van der Waals surface area (Å²) in [5.74, 6) is 0.326. The molecule has 0 heterocycles. The predicted molar refractivity (Wildman–Crippen MR) is 109 cm³/mol. The Labute approximate surface area is 165 Å². The van der Waals surface area contributed by atoms with Gasteiger partial charge < -0.3 is 5.32 Å². The molecule has 0 aromatic heterocycles. The molecule has 0 unspecified atom stereocenters. The number of hydrogen-bond acceptors (Lipinski definition) is 3. The van der Waals surface area contributed by atoms with Crippen LogP contribution < -0.4 is 10.0 Å². The fraction of sp³-hybridized carbons (Fsp3) is 0.350. The molecule has 2 N–H and O–H groups in total. The molecule has 3 rings (SSSR count). The van der Waals surface area contributed by atoms with E-state index in [-0.39, 0.29) is 22.7 Å². The van der Waals surface area contributed by atoms with Gasteiger partial charge in [0.2, 0.25) is 10.0 Å². The van der Waals surface area contributed by atoms with Gasteiger partial charge in [0.25, 0.3) is 5.91 Å². The van der Waals surface area contributed by atoms with Gasteiger partial charge in [0, 0.05) is 11.6 Å². The Morgan fingerprint density at radius 3 is 2.33 bits per heavy atom. The molecule has 0 radical (unpaired) electrons. The van der Waals surface area contributed by atoms with E-state index in [2.05, 4.69) is 34.3 Å². The molecule has 0 bridgehead atoms. The van der Waals surface area contributed by atoms with Crippen LogP contribution in [0.4, 0.5) is 5.69 Å². The Bertz CT molecular complexity index is 908. The lowest BCUT2D eigenvalue weighted by Crippen LogP contribution is -2.37. The van der Waals surface area contributed by atoms with Crippen molar-refractivity contribution in [1.82, 2.24) is 5.32 Å². The summed E-state index contributed by atoms with van der Waals surface area (Å²) >= 11 is 6.01. The van der Waals surface area contributed by atoms with E-state index in [4.69, 9.17) is 11.6 Å². The minimum absolute atomic E-state index is 0.124. The van der Waals surface area contributed by atoms with Gasteiger partial charge in [0.1, 0.15) is 0 Å². The molecule has 2 aromatic rings. The third-order valence-electron chi connectivity index (χ3n) is 4.86. The van der Waals surface area contributed by atoms with E-state index >= 15 is 0 Å². The molecule has 5 nitrogen and oxygen atoms in total. The lowest BCUT2D eigenvalue weighted by molar-refractivity contribution is 0.0926. The molecular weight excluding hydrogens is 384 g/mol. The Balaban J connectivity index is 1.61. The van der Waals surface area contributed by atoms with Crippen LogP contribution in [0, 0.1) is 0 Å². The van der Waals surface area contributed by atoms with E-state index in [9.17, 15) is 13.2 Å². The van der Waals surface area contributed by atoms with Crippen LogP contribution in [0.15, 0.2) is 48.5 Å². The SMILES string of the molecule is CS(=O)(=O)Nc1cc(C(=O)NC2CCC(c3ccccc3)CC2)ccc1Cl. The second-order valence-corrected chi connectivity index (χ2v) is 9.16. The lowest BCUT2D eigenvalue weighted by Gasteiger charge is -2.29. The summed E-state index contributed by atoms with van der Waals surface area (Å²) in [7, 11) is -3.47. The minimum atomic E-state index is -3.47. The smallest absolute Gasteiger partial charge is 0.251 e. The van der Waals surface area contributed by atoms with Crippen molar-refractivity contribution >= 4 is 33.2 Å². The molecule has 27 heavy (non-hydrogen) atoms. The second kappa shape index (κ2) is 8.31. The number of sulfonamides is 1. The molecule has 1 fully saturated rings. The van der Waals surface area contributed by atoms with Crippen LogP contribution >= 0.6 is 11.6 Å². The summed E-state index contributed by atoms with van der Waals surface area (Å²) in [6, 6.07) is 15.2. The third-order valence-corrected chi connectivity index (χ3v) is 5.78. The van der Waals surface area contributed by atoms with Gasteiger partial charge in [0.15, 0.2) is 0 Å². The van der Waals surface area contributed by atoms with Gasteiger partial charge in [-0.2, -0.15) is 0 Å². The lowest BCUT2D eigenvalue weighted by atomic mass is 9.82. The van der Waals surface area contributed by atoms with Crippen LogP contribution in [0.2, 0.25) is 5.02 Å². The van der Waals surface area contributed by atoms with Gasteiger partial charge >= 0.3 is 0 Å². The first-order valence-corrected chi connectivity index (χ1v) is 11.2. The van der Waals surface area contributed by atoms with Crippen molar-refractivity contribution in [3.8, 4) is 0 Å². The number of carbonyl (C=O) groups excluding carboxylic acids is 1. The van der Waals surface area contributed by atoms with Gasteiger partial charge in [-0.25, -0.2) is 8.42 Å². The molecule has 2 aromatic carbocycles. The second-order valence-electron chi connectivity index (χ2n) is 7.00. The Hall–Kier alpha value is -2.05. The van der Waals surface area contributed by atoms with Crippen molar-refractivity contribution in [1.29, 1.82) is 0 Å². The summed E-state index contributed by atoms with van der Waals surface area (Å²) in [6.07, 6.45) is 4.97. The maximum absolute atomic E-state index is 12.6. The average Bonchev–Trinajstić information content (AvgIpc) is 2.64. The highest BCUT2D eigenvalue weighted by molar-refractivity contribution is 7.92. The van der Waals surface area contributed by atoms with Crippen LogP contribution in [0.1, 0.15) is 47.5 Å². The van der Waals surface area contributed by atoms with Gasteiger partial charge in [-0.1, -0.05) is 41.9 Å². The fourth-order valence-corrected chi connectivity index (χ4v) is 4.30. The summed E-state index contributed by atoms with van der Waals surface area (Å²) in [4.78, 5) is 12.6. The van der Waals surface area contributed by atoms with E-state index in [1.807, 2.05) is 6.07 Å². The van der Waals surface area contributed by atoms with Crippen molar-refractivity contribution < 1.29 is 13.2 Å². The molecule has 0 aliphatic heterocycles. The molecule has 0 atom stereocenters. The van der Waals surface area contributed by atoms with E-state index in [1.165, 1.54) is 17.7 Å². The molecule has 1 aliphatic rings. The first kappa shape index (κ1) is 19.7. The third kappa shape index (κ3) is 5.47. The van der Waals surface area contributed by atoms with E-state index in [0.717, 1.165) is 31.9 Å². The summed E-state index contributed by atoms with van der Waals surface area (Å²) in [5.41, 5.74) is 1.95. The maximum atomic E-state index is 12.6. The molecular formula is C20H23ClN2O3S. The highest BCUT2D eigenvalue weighted by Crippen LogP contribution is 2.33. The van der Waals surface area contributed by atoms with Gasteiger partial charge in [0.05, 0.1) is 17.0 Å². The van der Waals surface area contributed by atoms with Crippen LogP contribution in [0.3, 0.4) is 0 Å². The Morgan fingerprint density at radius 1 is 1.04 bits per heavy atom. The Kier molecular flexibility index (Phi) is 6.07. The van der Waals surface area contributed by atoms with Crippen molar-refractivity contribution in [3.63, 3.8) is 0 Å². The number of halogens is 1. The molecule has 1 saturated carbocycles. The topological polar surface area (TPSA) is 75.3 Å². The Morgan fingerprint density at radius 2 is 1.70 bits per heavy atom. The zero-order valence-corrected chi connectivity index (χ0v) is 16.7. The van der Waals surface area contributed by atoms with Crippen molar-refractivity contribution in [2.45, 2.75) is 37.6 Å². The molecule has 144 valence electrons. The molecule has 0 spiro atoms. The van der Waals surface area contributed by atoms with Gasteiger partial charge in [-0.05, 0) is 55.4 Å². The van der Waals surface area contributed by atoms with Crippen LogP contribution in [-0.4, -0.2) is 26.6 Å². The number of carbonyl (C=O) groups is 1. The molecule has 0 saturated heterocycles. The van der Waals surface area contributed by atoms with Crippen LogP contribution in [0.5, 0.6) is 0 Å². The van der Waals surface area contributed by atoms with Crippen LogP contribution in [0.25, 0.3) is 0 Å². The van der Waals surface area contributed by atoms with Gasteiger partial charge in [-0.15, -0.1) is 0 Å². The number of anilines is 1. The maximum Gasteiger partial charge on any atom is 0.251 e.